The predicted molar refractivity (Wildman–Crippen MR) is 116 cm³/mol. The third-order valence-electron chi connectivity index (χ3n) is 4.95. The van der Waals surface area contributed by atoms with Gasteiger partial charge in [0.2, 0.25) is 0 Å². The number of phenolic OH excluding ortho intramolecular Hbond substituents is 1. The van der Waals surface area contributed by atoms with Crippen molar-refractivity contribution in [1.82, 2.24) is 4.98 Å². The Morgan fingerprint density at radius 3 is 2.50 bits per heavy atom. The molecule has 1 fully saturated rings. The standard InChI is InChI=1S/C23H17BrN2O4/c1-13-4-9-18(27)17(11-13)26-20(15-3-2-10-25-12-15)19(22(29)23(26)30)21(28)14-5-7-16(24)8-6-14/h2-12,20,27-28H,1H3/b21-19+. The summed E-state index contributed by atoms with van der Waals surface area (Å²) in [4.78, 5) is 31.4. The van der Waals surface area contributed by atoms with Gasteiger partial charge in [-0.3, -0.25) is 19.5 Å². The molecule has 150 valence electrons. The van der Waals surface area contributed by atoms with Crippen LogP contribution >= 0.6 is 15.9 Å². The van der Waals surface area contributed by atoms with Crippen LogP contribution in [-0.4, -0.2) is 26.9 Å². The van der Waals surface area contributed by atoms with Gasteiger partial charge in [-0.2, -0.15) is 0 Å². The third kappa shape index (κ3) is 3.37. The van der Waals surface area contributed by atoms with E-state index in [1.807, 2.05) is 6.92 Å². The first-order chi connectivity index (χ1) is 14.4. The van der Waals surface area contributed by atoms with Crippen molar-refractivity contribution >= 4 is 39.1 Å². The molecule has 1 unspecified atom stereocenters. The van der Waals surface area contributed by atoms with Gasteiger partial charge in [0.15, 0.2) is 0 Å². The average molecular weight is 465 g/mol. The van der Waals surface area contributed by atoms with Gasteiger partial charge in [-0.05, 0) is 48.4 Å². The molecule has 1 saturated heterocycles. The zero-order valence-corrected chi connectivity index (χ0v) is 17.5. The summed E-state index contributed by atoms with van der Waals surface area (Å²) < 4.78 is 0.813. The van der Waals surface area contributed by atoms with Gasteiger partial charge in [-0.15, -0.1) is 0 Å². The minimum atomic E-state index is -0.935. The minimum Gasteiger partial charge on any atom is -0.507 e. The lowest BCUT2D eigenvalue weighted by atomic mass is 9.96. The summed E-state index contributed by atoms with van der Waals surface area (Å²) in [5.74, 6) is -2.09. The fourth-order valence-corrected chi connectivity index (χ4v) is 3.79. The lowest BCUT2D eigenvalue weighted by Crippen LogP contribution is -2.29. The Kier molecular flexibility index (Phi) is 5.13. The zero-order valence-electron chi connectivity index (χ0n) is 15.9. The summed E-state index contributed by atoms with van der Waals surface area (Å²) in [7, 11) is 0. The Balaban J connectivity index is 1.97. The number of aromatic nitrogens is 1. The molecule has 1 aliphatic heterocycles. The second-order valence-electron chi connectivity index (χ2n) is 6.95. The maximum atomic E-state index is 13.0. The average Bonchev–Trinajstić information content (AvgIpc) is 3.01. The number of nitrogens with zero attached hydrogens (tertiary/aromatic N) is 2. The Morgan fingerprint density at radius 2 is 1.83 bits per heavy atom. The van der Waals surface area contributed by atoms with E-state index < -0.39 is 17.7 Å². The van der Waals surface area contributed by atoms with Gasteiger partial charge in [-0.25, -0.2) is 0 Å². The predicted octanol–water partition coefficient (Wildman–Crippen LogP) is 4.48. The number of carbonyl (C=O) groups is 2. The molecule has 0 radical (unpaired) electrons. The molecule has 0 saturated carbocycles. The molecule has 1 aliphatic rings. The van der Waals surface area contributed by atoms with Crippen molar-refractivity contribution in [2.45, 2.75) is 13.0 Å². The number of ketones is 1. The second-order valence-corrected chi connectivity index (χ2v) is 7.87. The number of phenols is 1. The van der Waals surface area contributed by atoms with Crippen LogP contribution in [0.5, 0.6) is 5.75 Å². The summed E-state index contributed by atoms with van der Waals surface area (Å²) in [6.45, 7) is 1.82. The number of aliphatic hydroxyl groups excluding tert-OH is 1. The molecule has 6 nitrogen and oxygen atoms in total. The van der Waals surface area contributed by atoms with E-state index in [-0.39, 0.29) is 22.8 Å². The van der Waals surface area contributed by atoms with Crippen LogP contribution in [0, 0.1) is 6.92 Å². The van der Waals surface area contributed by atoms with Crippen LogP contribution in [0.3, 0.4) is 0 Å². The number of hydrogen-bond acceptors (Lipinski definition) is 5. The molecule has 0 bridgehead atoms. The van der Waals surface area contributed by atoms with Gasteiger partial charge in [0.25, 0.3) is 11.7 Å². The third-order valence-corrected chi connectivity index (χ3v) is 5.48. The van der Waals surface area contributed by atoms with Crippen LogP contribution in [0.1, 0.15) is 22.7 Å². The van der Waals surface area contributed by atoms with Crippen LogP contribution in [0.2, 0.25) is 0 Å². The first-order valence-corrected chi connectivity index (χ1v) is 9.94. The normalized spacial score (nSPS) is 18.1. The van der Waals surface area contributed by atoms with Gasteiger partial charge < -0.3 is 10.2 Å². The highest BCUT2D eigenvalue weighted by atomic mass is 79.9. The number of halogens is 1. The van der Waals surface area contributed by atoms with Gasteiger partial charge in [0, 0.05) is 22.4 Å². The van der Waals surface area contributed by atoms with Gasteiger partial charge in [0.1, 0.15) is 11.5 Å². The van der Waals surface area contributed by atoms with Crippen molar-refractivity contribution in [2.24, 2.45) is 0 Å². The highest BCUT2D eigenvalue weighted by Crippen LogP contribution is 2.44. The summed E-state index contributed by atoms with van der Waals surface area (Å²) in [6.07, 6.45) is 3.11. The number of rotatable bonds is 3. The molecule has 30 heavy (non-hydrogen) atoms. The van der Waals surface area contributed by atoms with E-state index in [4.69, 9.17) is 0 Å². The molecule has 7 heteroatoms. The van der Waals surface area contributed by atoms with Crippen LogP contribution in [-0.2, 0) is 9.59 Å². The van der Waals surface area contributed by atoms with Crippen molar-refractivity contribution in [3.63, 3.8) is 0 Å². The molecule has 1 amide bonds. The fraction of sp³-hybridized carbons (Fsp3) is 0.0870. The van der Waals surface area contributed by atoms with Crippen LogP contribution < -0.4 is 4.90 Å². The maximum absolute atomic E-state index is 13.0. The highest BCUT2D eigenvalue weighted by molar-refractivity contribution is 9.10. The van der Waals surface area contributed by atoms with E-state index >= 15 is 0 Å². The molecule has 2 aromatic carbocycles. The largest absolute Gasteiger partial charge is 0.507 e. The number of aromatic hydroxyl groups is 1. The van der Waals surface area contributed by atoms with E-state index in [0.29, 0.717) is 11.1 Å². The first-order valence-electron chi connectivity index (χ1n) is 9.15. The molecule has 2 N–H and O–H groups in total. The number of hydrogen-bond donors (Lipinski definition) is 2. The van der Waals surface area contributed by atoms with E-state index in [9.17, 15) is 19.8 Å². The molecule has 1 aromatic heterocycles. The molecule has 1 atom stereocenters. The number of aliphatic hydroxyl groups is 1. The number of amides is 1. The SMILES string of the molecule is Cc1ccc(O)c(N2C(=O)C(=O)/C(=C(/O)c3ccc(Br)cc3)C2c2cccnc2)c1. The molecule has 4 rings (SSSR count). The number of Topliss-reactive ketones (excluding diaryl/α,β-unsaturated/α-hetero) is 1. The Labute approximate surface area is 181 Å². The van der Waals surface area contributed by atoms with E-state index in [2.05, 4.69) is 20.9 Å². The van der Waals surface area contributed by atoms with Crippen molar-refractivity contribution in [2.75, 3.05) is 4.90 Å². The number of pyridine rings is 1. The highest BCUT2D eigenvalue weighted by Gasteiger charge is 2.47. The lowest BCUT2D eigenvalue weighted by Gasteiger charge is -2.26. The zero-order chi connectivity index (χ0) is 21.4. The molecular weight excluding hydrogens is 448 g/mol. The van der Waals surface area contributed by atoms with E-state index in [1.165, 1.54) is 17.2 Å². The molecule has 0 spiro atoms. The Morgan fingerprint density at radius 1 is 1.10 bits per heavy atom. The van der Waals surface area contributed by atoms with Crippen molar-refractivity contribution in [3.8, 4) is 5.75 Å². The molecular formula is C23H17BrN2O4. The number of benzene rings is 2. The summed E-state index contributed by atoms with van der Waals surface area (Å²) in [5, 5.41) is 21.4. The first kappa shape index (κ1) is 19.8. The number of carbonyl (C=O) groups excluding carboxylic acids is 2. The smallest absolute Gasteiger partial charge is 0.300 e. The van der Waals surface area contributed by atoms with Crippen molar-refractivity contribution in [1.29, 1.82) is 0 Å². The van der Waals surface area contributed by atoms with Gasteiger partial charge in [-0.1, -0.05) is 40.2 Å². The Hall–Kier alpha value is -3.45. The van der Waals surface area contributed by atoms with E-state index in [1.54, 1.807) is 54.7 Å². The molecule has 0 aliphatic carbocycles. The number of anilines is 1. The van der Waals surface area contributed by atoms with E-state index in [0.717, 1.165) is 10.0 Å². The molecule has 3 aromatic rings. The summed E-state index contributed by atoms with van der Waals surface area (Å²) in [5.41, 5.74) is 1.88. The summed E-state index contributed by atoms with van der Waals surface area (Å²) >= 11 is 3.34. The van der Waals surface area contributed by atoms with Gasteiger partial charge in [0.05, 0.1) is 17.3 Å². The second kappa shape index (κ2) is 7.76. The monoisotopic (exact) mass is 464 g/mol. The minimum absolute atomic E-state index is 0.0590. The van der Waals surface area contributed by atoms with Crippen molar-refractivity contribution in [3.05, 3.63) is 93.7 Å². The summed E-state index contributed by atoms with van der Waals surface area (Å²) in [6, 6.07) is 14.0. The number of aryl methyl sites for hydroxylation is 1. The van der Waals surface area contributed by atoms with Crippen LogP contribution in [0.25, 0.3) is 5.76 Å². The lowest BCUT2D eigenvalue weighted by molar-refractivity contribution is -0.132. The maximum Gasteiger partial charge on any atom is 0.300 e. The quantitative estimate of drug-likeness (QED) is 0.338. The topological polar surface area (TPSA) is 90.7 Å². The van der Waals surface area contributed by atoms with Crippen molar-refractivity contribution < 1.29 is 19.8 Å². The van der Waals surface area contributed by atoms with Crippen LogP contribution in [0.4, 0.5) is 5.69 Å². The van der Waals surface area contributed by atoms with Gasteiger partial charge >= 0.3 is 0 Å². The molecule has 2 heterocycles. The van der Waals surface area contributed by atoms with Crippen LogP contribution in [0.15, 0.2) is 77.0 Å². The Bertz CT molecular complexity index is 1170. The fourth-order valence-electron chi connectivity index (χ4n) is 3.52.